The van der Waals surface area contributed by atoms with E-state index in [1.807, 2.05) is 0 Å². The Labute approximate surface area is 130 Å². The third-order valence-corrected chi connectivity index (χ3v) is 4.95. The van der Waals surface area contributed by atoms with Crippen molar-refractivity contribution in [2.75, 3.05) is 7.11 Å². The van der Waals surface area contributed by atoms with Crippen molar-refractivity contribution in [2.45, 2.75) is 12.2 Å². The number of methoxy groups -OCH3 is 1. The maximum atomic E-state index is 10.7. The topological polar surface area (TPSA) is 75.7 Å². The molecule has 1 aromatic carbocycles. The van der Waals surface area contributed by atoms with Gasteiger partial charge >= 0.3 is 0 Å². The molecule has 5 nitrogen and oxygen atoms in total. The summed E-state index contributed by atoms with van der Waals surface area (Å²) in [5, 5.41) is 22.0. The Morgan fingerprint density at radius 3 is 2.77 bits per heavy atom. The van der Waals surface area contributed by atoms with E-state index in [0.717, 1.165) is 0 Å². The molecule has 0 saturated carbocycles. The molecule has 2 N–H and O–H groups in total. The van der Waals surface area contributed by atoms with Gasteiger partial charge in [0.05, 0.1) is 23.9 Å². The molecule has 0 amide bonds. The van der Waals surface area contributed by atoms with Crippen molar-refractivity contribution in [2.24, 2.45) is 0 Å². The lowest BCUT2D eigenvalue weighted by Gasteiger charge is -2.26. The zero-order valence-corrected chi connectivity index (χ0v) is 12.5. The SMILES string of the molecule is COc1cccc2c1C(O)c1nc(-c3ccco3)sc1C2O. The van der Waals surface area contributed by atoms with Gasteiger partial charge in [0.15, 0.2) is 10.8 Å². The van der Waals surface area contributed by atoms with Crippen LogP contribution < -0.4 is 4.74 Å². The maximum Gasteiger partial charge on any atom is 0.162 e. The van der Waals surface area contributed by atoms with Crippen LogP contribution in [0, 0.1) is 0 Å². The molecule has 1 aliphatic rings. The van der Waals surface area contributed by atoms with Crippen LogP contribution in [-0.2, 0) is 0 Å². The van der Waals surface area contributed by atoms with E-state index in [0.29, 0.717) is 38.2 Å². The summed E-state index contributed by atoms with van der Waals surface area (Å²) in [6.45, 7) is 0. The Kier molecular flexibility index (Phi) is 3.04. The molecule has 1 aliphatic carbocycles. The van der Waals surface area contributed by atoms with E-state index in [1.165, 1.54) is 11.3 Å². The van der Waals surface area contributed by atoms with Crippen LogP contribution in [0.25, 0.3) is 10.8 Å². The summed E-state index contributed by atoms with van der Waals surface area (Å²) in [7, 11) is 1.54. The number of aliphatic hydroxyl groups is 2. The molecule has 0 spiro atoms. The standard InChI is InChI=1S/C16H13NO4S/c1-20-9-5-2-4-8-11(9)14(19)12-15(13(8)18)22-16(17-12)10-6-3-7-21-10/h2-7,13-14,18-19H,1H3. The highest BCUT2D eigenvalue weighted by molar-refractivity contribution is 7.15. The van der Waals surface area contributed by atoms with Gasteiger partial charge in [0.2, 0.25) is 0 Å². The second-order valence-electron chi connectivity index (χ2n) is 5.01. The summed E-state index contributed by atoms with van der Waals surface area (Å²) in [5.74, 6) is 1.16. The quantitative estimate of drug-likeness (QED) is 0.760. The Morgan fingerprint density at radius 2 is 2.05 bits per heavy atom. The van der Waals surface area contributed by atoms with Crippen LogP contribution in [0.5, 0.6) is 5.75 Å². The number of benzene rings is 1. The van der Waals surface area contributed by atoms with Gasteiger partial charge in [0.25, 0.3) is 0 Å². The molecule has 0 fully saturated rings. The molecule has 2 atom stereocenters. The molecule has 22 heavy (non-hydrogen) atoms. The number of hydrogen-bond acceptors (Lipinski definition) is 6. The number of hydrogen-bond donors (Lipinski definition) is 2. The van der Waals surface area contributed by atoms with Crippen LogP contribution in [0.3, 0.4) is 0 Å². The second kappa shape index (κ2) is 4.95. The predicted octanol–water partition coefficient (Wildman–Crippen LogP) is 2.89. The monoisotopic (exact) mass is 315 g/mol. The maximum absolute atomic E-state index is 10.7. The fourth-order valence-corrected chi connectivity index (χ4v) is 3.86. The number of thiazole rings is 1. The van der Waals surface area contributed by atoms with Gasteiger partial charge in [-0.1, -0.05) is 12.1 Å². The van der Waals surface area contributed by atoms with E-state index in [1.54, 1.807) is 43.7 Å². The van der Waals surface area contributed by atoms with Gasteiger partial charge in [-0.15, -0.1) is 11.3 Å². The van der Waals surface area contributed by atoms with Gasteiger partial charge in [0, 0.05) is 5.56 Å². The van der Waals surface area contributed by atoms with E-state index >= 15 is 0 Å². The first kappa shape index (κ1) is 13.5. The number of furan rings is 1. The van der Waals surface area contributed by atoms with Crippen LogP contribution in [-0.4, -0.2) is 22.3 Å². The average Bonchev–Trinajstić information content (AvgIpc) is 3.20. The molecule has 3 aromatic rings. The smallest absolute Gasteiger partial charge is 0.162 e. The fourth-order valence-electron chi connectivity index (χ4n) is 2.79. The van der Waals surface area contributed by atoms with Gasteiger partial charge in [0.1, 0.15) is 18.0 Å². The lowest BCUT2D eigenvalue weighted by Crippen LogP contribution is -2.17. The van der Waals surface area contributed by atoms with Crippen LogP contribution in [0.4, 0.5) is 0 Å². The largest absolute Gasteiger partial charge is 0.496 e. The molecule has 0 aliphatic heterocycles. The van der Waals surface area contributed by atoms with Gasteiger partial charge < -0.3 is 19.4 Å². The summed E-state index contributed by atoms with van der Waals surface area (Å²) >= 11 is 1.33. The van der Waals surface area contributed by atoms with E-state index in [-0.39, 0.29) is 0 Å². The number of aliphatic hydroxyl groups excluding tert-OH is 2. The molecule has 0 bridgehead atoms. The Morgan fingerprint density at radius 1 is 1.18 bits per heavy atom. The van der Waals surface area contributed by atoms with Crippen LogP contribution >= 0.6 is 11.3 Å². The molecule has 0 radical (unpaired) electrons. The summed E-state index contributed by atoms with van der Waals surface area (Å²) < 4.78 is 10.7. The summed E-state index contributed by atoms with van der Waals surface area (Å²) in [6, 6.07) is 8.94. The minimum atomic E-state index is -0.926. The first-order chi connectivity index (χ1) is 10.7. The van der Waals surface area contributed by atoms with Gasteiger partial charge in [-0.2, -0.15) is 0 Å². The molecule has 2 unspecified atom stereocenters. The fraction of sp³-hybridized carbons (Fsp3) is 0.188. The molecular weight excluding hydrogens is 302 g/mol. The van der Waals surface area contributed by atoms with Crippen molar-refractivity contribution >= 4 is 11.3 Å². The molecule has 2 aromatic heterocycles. The lowest BCUT2D eigenvalue weighted by molar-refractivity contribution is 0.169. The number of rotatable bonds is 2. The number of aromatic nitrogens is 1. The van der Waals surface area contributed by atoms with E-state index < -0.39 is 12.2 Å². The van der Waals surface area contributed by atoms with Gasteiger partial charge in [-0.05, 0) is 23.8 Å². The molecule has 0 saturated heterocycles. The second-order valence-corrected chi connectivity index (χ2v) is 6.04. The first-order valence-electron chi connectivity index (χ1n) is 6.78. The molecule has 2 heterocycles. The number of ether oxygens (including phenoxy) is 1. The molecule has 6 heteroatoms. The van der Waals surface area contributed by atoms with Gasteiger partial charge in [-0.25, -0.2) is 4.98 Å². The highest BCUT2D eigenvalue weighted by Crippen LogP contribution is 2.47. The van der Waals surface area contributed by atoms with E-state index in [2.05, 4.69) is 4.98 Å². The minimum absolute atomic E-state index is 0.459. The van der Waals surface area contributed by atoms with Crippen LogP contribution in [0.2, 0.25) is 0 Å². The predicted molar refractivity (Wildman–Crippen MR) is 80.9 cm³/mol. The third-order valence-electron chi connectivity index (χ3n) is 3.81. The lowest BCUT2D eigenvalue weighted by atomic mass is 9.88. The Balaban J connectivity index is 1.90. The summed E-state index contributed by atoms with van der Waals surface area (Å²) in [6.07, 6.45) is -0.186. The molecule has 112 valence electrons. The van der Waals surface area contributed by atoms with Crippen molar-refractivity contribution in [1.82, 2.24) is 4.98 Å². The Bertz CT molecular complexity index is 825. The number of nitrogens with zero attached hydrogens (tertiary/aromatic N) is 1. The zero-order valence-electron chi connectivity index (χ0n) is 11.7. The highest BCUT2D eigenvalue weighted by atomic mass is 32.1. The van der Waals surface area contributed by atoms with E-state index in [9.17, 15) is 10.2 Å². The Hall–Kier alpha value is -2.15. The van der Waals surface area contributed by atoms with Crippen LogP contribution in [0.15, 0.2) is 41.0 Å². The normalized spacial score (nSPS) is 19.6. The highest BCUT2D eigenvalue weighted by Gasteiger charge is 2.36. The summed E-state index contributed by atoms with van der Waals surface area (Å²) in [4.78, 5) is 5.10. The minimum Gasteiger partial charge on any atom is -0.496 e. The first-order valence-corrected chi connectivity index (χ1v) is 7.59. The molecule has 4 rings (SSSR count). The molecular formula is C16H13NO4S. The van der Waals surface area contributed by atoms with Crippen LogP contribution in [0.1, 0.15) is 33.9 Å². The van der Waals surface area contributed by atoms with E-state index in [4.69, 9.17) is 9.15 Å². The van der Waals surface area contributed by atoms with Crippen molar-refractivity contribution in [3.8, 4) is 16.5 Å². The van der Waals surface area contributed by atoms with Gasteiger partial charge in [-0.3, -0.25) is 0 Å². The zero-order chi connectivity index (χ0) is 15.3. The van der Waals surface area contributed by atoms with Crippen molar-refractivity contribution < 1.29 is 19.4 Å². The third kappa shape index (κ3) is 1.81. The average molecular weight is 315 g/mol. The van der Waals surface area contributed by atoms with Crippen molar-refractivity contribution in [3.63, 3.8) is 0 Å². The van der Waals surface area contributed by atoms with Crippen molar-refractivity contribution in [3.05, 3.63) is 58.3 Å². The summed E-state index contributed by atoms with van der Waals surface area (Å²) in [5.41, 5.74) is 1.68. The van der Waals surface area contributed by atoms with Crippen molar-refractivity contribution in [1.29, 1.82) is 0 Å². The number of fused-ring (bicyclic) bond motifs is 2.